The zero-order valence-electron chi connectivity index (χ0n) is 14.0. The molecule has 134 valence electrons. The molecule has 1 N–H and O–H groups in total. The van der Waals surface area contributed by atoms with E-state index in [2.05, 4.69) is 15.3 Å². The molecule has 0 saturated carbocycles. The summed E-state index contributed by atoms with van der Waals surface area (Å²) < 4.78 is 38.5. The van der Waals surface area contributed by atoms with E-state index in [9.17, 15) is 13.2 Å². The van der Waals surface area contributed by atoms with E-state index in [4.69, 9.17) is 0 Å². The Morgan fingerprint density at radius 2 is 1.73 bits per heavy atom. The van der Waals surface area contributed by atoms with Crippen molar-refractivity contribution in [3.8, 4) is 0 Å². The van der Waals surface area contributed by atoms with Crippen LogP contribution in [0, 0.1) is 0 Å². The Morgan fingerprint density at radius 1 is 0.962 bits per heavy atom. The van der Waals surface area contributed by atoms with E-state index in [1.54, 1.807) is 12.1 Å². The summed E-state index contributed by atoms with van der Waals surface area (Å²) in [6.07, 6.45) is -3.00. The van der Waals surface area contributed by atoms with Gasteiger partial charge in [-0.05, 0) is 23.8 Å². The Hall–Kier alpha value is -3.09. The maximum atomic E-state index is 12.8. The molecular weight excluding hydrogens is 341 g/mol. The number of halogens is 3. The number of benzene rings is 2. The van der Waals surface area contributed by atoms with E-state index < -0.39 is 11.7 Å². The number of hydrogen-bond acceptors (Lipinski definition) is 4. The summed E-state index contributed by atoms with van der Waals surface area (Å²) in [5.74, 6) is 1.09. The van der Waals surface area contributed by atoms with Crippen LogP contribution in [0.4, 0.5) is 30.5 Å². The molecular formula is C19H17F3N4. The van der Waals surface area contributed by atoms with Gasteiger partial charge in [-0.25, -0.2) is 9.97 Å². The van der Waals surface area contributed by atoms with Gasteiger partial charge in [-0.3, -0.25) is 0 Å². The standard InChI is InChI=1S/C19H17F3N4/c1-26(12-14-6-3-2-4-7-14)18-11-17(23-13-24-18)25-16-9-5-8-15(10-16)19(20,21)22/h2-11,13H,12H2,1H3,(H,23,24,25). The van der Waals surface area contributed by atoms with Gasteiger partial charge in [-0.15, -0.1) is 0 Å². The molecule has 3 rings (SSSR count). The second-order valence-corrected chi connectivity index (χ2v) is 5.81. The minimum Gasteiger partial charge on any atom is -0.355 e. The lowest BCUT2D eigenvalue weighted by atomic mass is 10.2. The highest BCUT2D eigenvalue weighted by Crippen LogP contribution is 2.31. The zero-order valence-corrected chi connectivity index (χ0v) is 14.0. The number of anilines is 3. The lowest BCUT2D eigenvalue weighted by Crippen LogP contribution is -2.18. The van der Waals surface area contributed by atoms with Crippen LogP contribution in [0.3, 0.4) is 0 Å². The Kier molecular flexibility index (Phi) is 5.06. The van der Waals surface area contributed by atoms with Crippen LogP contribution in [0.25, 0.3) is 0 Å². The van der Waals surface area contributed by atoms with E-state index in [1.807, 2.05) is 42.3 Å². The van der Waals surface area contributed by atoms with Gasteiger partial charge in [0.2, 0.25) is 0 Å². The van der Waals surface area contributed by atoms with Crippen LogP contribution in [0.1, 0.15) is 11.1 Å². The molecule has 1 heterocycles. The Morgan fingerprint density at radius 3 is 2.46 bits per heavy atom. The fraction of sp³-hybridized carbons (Fsp3) is 0.158. The topological polar surface area (TPSA) is 41.0 Å². The minimum absolute atomic E-state index is 0.315. The summed E-state index contributed by atoms with van der Waals surface area (Å²) in [5, 5.41) is 2.90. The molecule has 0 aliphatic heterocycles. The summed E-state index contributed by atoms with van der Waals surface area (Å²) in [5.41, 5.74) is 0.731. The van der Waals surface area contributed by atoms with Gasteiger partial charge in [-0.1, -0.05) is 36.4 Å². The van der Waals surface area contributed by atoms with Crippen molar-refractivity contribution in [2.45, 2.75) is 12.7 Å². The van der Waals surface area contributed by atoms with E-state index in [-0.39, 0.29) is 0 Å². The van der Waals surface area contributed by atoms with Gasteiger partial charge in [0.15, 0.2) is 0 Å². The molecule has 0 radical (unpaired) electrons. The fourth-order valence-electron chi connectivity index (χ4n) is 2.48. The molecule has 0 saturated heterocycles. The number of aromatic nitrogens is 2. The Labute approximate surface area is 149 Å². The molecule has 0 aliphatic rings. The summed E-state index contributed by atoms with van der Waals surface area (Å²) in [6.45, 7) is 0.654. The van der Waals surface area contributed by atoms with E-state index >= 15 is 0 Å². The van der Waals surface area contributed by atoms with Gasteiger partial charge in [-0.2, -0.15) is 13.2 Å². The molecule has 26 heavy (non-hydrogen) atoms. The molecule has 3 aromatic rings. The molecule has 0 aliphatic carbocycles. The highest BCUT2D eigenvalue weighted by molar-refractivity contribution is 5.60. The molecule has 7 heteroatoms. The summed E-state index contributed by atoms with van der Waals surface area (Å²) in [4.78, 5) is 10.3. The first-order valence-electron chi connectivity index (χ1n) is 7.93. The van der Waals surface area contributed by atoms with Crippen molar-refractivity contribution in [2.24, 2.45) is 0 Å². The lowest BCUT2D eigenvalue weighted by Gasteiger charge is -2.19. The molecule has 0 atom stereocenters. The second kappa shape index (κ2) is 7.43. The van der Waals surface area contributed by atoms with Gasteiger partial charge >= 0.3 is 6.18 Å². The van der Waals surface area contributed by atoms with Crippen LogP contribution in [0.5, 0.6) is 0 Å². The van der Waals surface area contributed by atoms with E-state index in [0.29, 0.717) is 23.9 Å². The van der Waals surface area contributed by atoms with Gasteiger partial charge in [0.05, 0.1) is 5.56 Å². The predicted octanol–water partition coefficient (Wildman–Crippen LogP) is 4.88. The van der Waals surface area contributed by atoms with E-state index in [1.165, 1.54) is 12.4 Å². The maximum absolute atomic E-state index is 12.8. The van der Waals surface area contributed by atoms with Crippen LogP contribution < -0.4 is 10.2 Å². The number of alkyl halides is 3. The molecule has 0 spiro atoms. The molecule has 1 aromatic heterocycles. The van der Waals surface area contributed by atoms with Gasteiger partial charge < -0.3 is 10.2 Å². The second-order valence-electron chi connectivity index (χ2n) is 5.81. The van der Waals surface area contributed by atoms with Crippen molar-refractivity contribution in [2.75, 3.05) is 17.3 Å². The van der Waals surface area contributed by atoms with E-state index in [0.717, 1.165) is 17.7 Å². The summed E-state index contributed by atoms with van der Waals surface area (Å²) in [6, 6.07) is 16.6. The largest absolute Gasteiger partial charge is 0.416 e. The maximum Gasteiger partial charge on any atom is 0.416 e. The summed E-state index contributed by atoms with van der Waals surface area (Å²) >= 11 is 0. The first-order valence-corrected chi connectivity index (χ1v) is 7.93. The molecule has 0 amide bonds. The van der Waals surface area contributed by atoms with Crippen LogP contribution in [-0.2, 0) is 12.7 Å². The predicted molar refractivity (Wildman–Crippen MR) is 95.3 cm³/mol. The Bertz CT molecular complexity index is 866. The first kappa shape index (κ1) is 17.7. The number of nitrogens with zero attached hydrogens (tertiary/aromatic N) is 3. The van der Waals surface area contributed by atoms with Crippen molar-refractivity contribution in [3.05, 3.63) is 78.1 Å². The van der Waals surface area contributed by atoms with Crippen molar-refractivity contribution < 1.29 is 13.2 Å². The molecule has 0 unspecified atom stereocenters. The third-order valence-corrected chi connectivity index (χ3v) is 3.77. The SMILES string of the molecule is CN(Cc1ccccc1)c1cc(Nc2cccc(C(F)(F)F)c2)ncn1. The normalized spacial score (nSPS) is 11.2. The fourth-order valence-corrected chi connectivity index (χ4v) is 2.48. The van der Waals surface area contributed by atoms with Gasteiger partial charge in [0.1, 0.15) is 18.0 Å². The number of rotatable bonds is 5. The van der Waals surface area contributed by atoms with Gasteiger partial charge in [0, 0.05) is 25.3 Å². The van der Waals surface area contributed by atoms with Crippen LogP contribution in [-0.4, -0.2) is 17.0 Å². The molecule has 0 fully saturated rings. The molecule has 4 nitrogen and oxygen atoms in total. The molecule has 2 aromatic carbocycles. The highest BCUT2D eigenvalue weighted by atomic mass is 19.4. The number of nitrogens with one attached hydrogen (secondary N) is 1. The average Bonchev–Trinajstić information content (AvgIpc) is 2.62. The lowest BCUT2D eigenvalue weighted by molar-refractivity contribution is -0.137. The van der Waals surface area contributed by atoms with Crippen LogP contribution in [0.15, 0.2) is 67.0 Å². The smallest absolute Gasteiger partial charge is 0.355 e. The monoisotopic (exact) mass is 358 g/mol. The number of hydrogen-bond donors (Lipinski definition) is 1. The third kappa shape index (κ3) is 4.50. The first-order chi connectivity index (χ1) is 12.4. The van der Waals surface area contributed by atoms with Crippen LogP contribution >= 0.6 is 0 Å². The van der Waals surface area contributed by atoms with Crippen molar-refractivity contribution in [3.63, 3.8) is 0 Å². The quantitative estimate of drug-likeness (QED) is 0.706. The van der Waals surface area contributed by atoms with Crippen molar-refractivity contribution in [1.29, 1.82) is 0 Å². The zero-order chi connectivity index (χ0) is 18.6. The van der Waals surface area contributed by atoms with Crippen molar-refractivity contribution in [1.82, 2.24) is 9.97 Å². The van der Waals surface area contributed by atoms with Crippen LogP contribution in [0.2, 0.25) is 0 Å². The highest BCUT2D eigenvalue weighted by Gasteiger charge is 2.30. The average molecular weight is 358 g/mol. The molecule has 0 bridgehead atoms. The summed E-state index contributed by atoms with van der Waals surface area (Å²) in [7, 11) is 1.89. The third-order valence-electron chi connectivity index (χ3n) is 3.77. The Balaban J connectivity index is 1.75. The van der Waals surface area contributed by atoms with Gasteiger partial charge in [0.25, 0.3) is 0 Å². The van der Waals surface area contributed by atoms with Crippen molar-refractivity contribution >= 4 is 17.3 Å². The minimum atomic E-state index is -4.38.